The first-order valence-corrected chi connectivity index (χ1v) is 9.79. The molecule has 0 fully saturated rings. The maximum absolute atomic E-state index is 5.83. The molecule has 27 heavy (non-hydrogen) atoms. The number of nitrogens with zero attached hydrogens (tertiary/aromatic N) is 3. The highest BCUT2D eigenvalue weighted by molar-refractivity contribution is 6.29. The molecule has 0 saturated heterocycles. The van der Waals surface area contributed by atoms with Gasteiger partial charge in [0, 0.05) is 25.3 Å². The van der Waals surface area contributed by atoms with Crippen LogP contribution in [-0.2, 0) is 12.8 Å². The summed E-state index contributed by atoms with van der Waals surface area (Å²) in [7, 11) is 4.22. The molecule has 1 unspecified atom stereocenters. The van der Waals surface area contributed by atoms with Gasteiger partial charge in [0.15, 0.2) is 5.96 Å². The minimum Gasteiger partial charge on any atom is -0.357 e. The summed E-state index contributed by atoms with van der Waals surface area (Å²) in [4.78, 5) is 11.1. The molecule has 0 radical (unpaired) electrons. The van der Waals surface area contributed by atoms with Gasteiger partial charge in [0.25, 0.3) is 0 Å². The van der Waals surface area contributed by atoms with Gasteiger partial charge in [0.1, 0.15) is 5.15 Å². The van der Waals surface area contributed by atoms with E-state index in [1.165, 1.54) is 5.56 Å². The molecule has 146 valence electrons. The third kappa shape index (κ3) is 7.97. The molecule has 5 nitrogen and oxygen atoms in total. The van der Waals surface area contributed by atoms with Crippen LogP contribution >= 0.6 is 11.6 Å². The van der Waals surface area contributed by atoms with Crippen LogP contribution in [0.1, 0.15) is 18.1 Å². The van der Waals surface area contributed by atoms with Gasteiger partial charge in [0.05, 0.1) is 6.54 Å². The van der Waals surface area contributed by atoms with Gasteiger partial charge in [-0.3, -0.25) is 4.99 Å². The number of hydrogen-bond donors (Lipinski definition) is 2. The van der Waals surface area contributed by atoms with Crippen LogP contribution in [0.15, 0.2) is 53.7 Å². The molecular formula is C21H30ClN5. The second-order valence-corrected chi connectivity index (χ2v) is 7.08. The summed E-state index contributed by atoms with van der Waals surface area (Å²) in [6.07, 6.45) is 3.67. The Morgan fingerprint density at radius 2 is 1.89 bits per heavy atom. The zero-order valence-corrected chi connectivity index (χ0v) is 17.2. The Morgan fingerprint density at radius 3 is 2.52 bits per heavy atom. The van der Waals surface area contributed by atoms with E-state index in [9.17, 15) is 0 Å². The molecule has 2 N–H and O–H groups in total. The average molecular weight is 388 g/mol. The van der Waals surface area contributed by atoms with Gasteiger partial charge < -0.3 is 15.5 Å². The van der Waals surface area contributed by atoms with Crippen LogP contribution in [0.3, 0.4) is 0 Å². The fourth-order valence-electron chi connectivity index (χ4n) is 2.71. The number of benzene rings is 1. The van der Waals surface area contributed by atoms with Crippen molar-refractivity contribution in [2.75, 3.05) is 33.7 Å². The lowest BCUT2D eigenvalue weighted by Gasteiger charge is -2.23. The number of hydrogen-bond acceptors (Lipinski definition) is 3. The standard InChI is InChI=1S/C21H30ClN5/c1-4-23-21(24-13-12-18-10-11-20(22)25-15-18)26-16-19(27(2)3)14-17-8-6-5-7-9-17/h5-11,15,19H,4,12-14,16H2,1-3H3,(H2,23,24,26). The van der Waals surface area contributed by atoms with Gasteiger partial charge in [-0.1, -0.05) is 48.0 Å². The third-order valence-electron chi connectivity index (χ3n) is 4.34. The molecule has 0 aliphatic carbocycles. The predicted molar refractivity (Wildman–Crippen MR) is 115 cm³/mol. The minimum absolute atomic E-state index is 0.350. The number of nitrogens with one attached hydrogen (secondary N) is 2. The quantitative estimate of drug-likeness (QED) is 0.394. The van der Waals surface area contributed by atoms with Crippen LogP contribution in [-0.4, -0.2) is 55.6 Å². The van der Waals surface area contributed by atoms with Crippen LogP contribution in [0.4, 0.5) is 0 Å². The van der Waals surface area contributed by atoms with Crippen molar-refractivity contribution in [3.05, 3.63) is 64.9 Å². The van der Waals surface area contributed by atoms with E-state index in [1.807, 2.05) is 18.3 Å². The van der Waals surface area contributed by atoms with E-state index in [-0.39, 0.29) is 0 Å². The van der Waals surface area contributed by atoms with Gasteiger partial charge in [-0.15, -0.1) is 0 Å². The van der Waals surface area contributed by atoms with Gasteiger partial charge in [0.2, 0.25) is 0 Å². The summed E-state index contributed by atoms with van der Waals surface area (Å²) in [6, 6.07) is 14.7. The lowest BCUT2D eigenvalue weighted by atomic mass is 10.1. The molecule has 0 bridgehead atoms. The fraction of sp³-hybridized carbons (Fsp3) is 0.429. The van der Waals surface area contributed by atoms with Gasteiger partial charge in [-0.2, -0.15) is 0 Å². The fourth-order valence-corrected chi connectivity index (χ4v) is 2.83. The van der Waals surface area contributed by atoms with E-state index in [0.29, 0.717) is 11.2 Å². The highest BCUT2D eigenvalue weighted by Gasteiger charge is 2.12. The van der Waals surface area contributed by atoms with Crippen molar-refractivity contribution in [3.8, 4) is 0 Å². The summed E-state index contributed by atoms with van der Waals surface area (Å²) in [5, 5.41) is 7.24. The monoisotopic (exact) mass is 387 g/mol. The molecule has 6 heteroatoms. The molecular weight excluding hydrogens is 358 g/mol. The van der Waals surface area contributed by atoms with Crippen molar-refractivity contribution in [2.45, 2.75) is 25.8 Å². The van der Waals surface area contributed by atoms with Crippen molar-refractivity contribution in [2.24, 2.45) is 4.99 Å². The van der Waals surface area contributed by atoms with Crippen LogP contribution < -0.4 is 10.6 Å². The number of pyridine rings is 1. The molecule has 0 aliphatic heterocycles. The summed E-state index contributed by atoms with van der Waals surface area (Å²) < 4.78 is 0. The van der Waals surface area contributed by atoms with Crippen molar-refractivity contribution >= 4 is 17.6 Å². The van der Waals surface area contributed by atoms with E-state index < -0.39 is 0 Å². The smallest absolute Gasteiger partial charge is 0.191 e. The summed E-state index contributed by atoms with van der Waals surface area (Å²) in [5.41, 5.74) is 2.48. The zero-order chi connectivity index (χ0) is 19.5. The Morgan fingerprint density at radius 1 is 1.11 bits per heavy atom. The molecule has 2 aromatic rings. The zero-order valence-electron chi connectivity index (χ0n) is 16.5. The van der Waals surface area contributed by atoms with Gasteiger partial charge in [-0.25, -0.2) is 4.98 Å². The lowest BCUT2D eigenvalue weighted by Crippen LogP contribution is -2.40. The van der Waals surface area contributed by atoms with E-state index in [2.05, 4.69) is 71.9 Å². The topological polar surface area (TPSA) is 52.6 Å². The minimum atomic E-state index is 0.350. The summed E-state index contributed by atoms with van der Waals surface area (Å²) in [6.45, 7) is 4.44. The number of likely N-dealkylation sites (N-methyl/N-ethyl adjacent to an activating group) is 1. The van der Waals surface area contributed by atoms with E-state index >= 15 is 0 Å². The van der Waals surface area contributed by atoms with Crippen molar-refractivity contribution < 1.29 is 0 Å². The normalized spacial score (nSPS) is 12.9. The highest BCUT2D eigenvalue weighted by atomic mass is 35.5. The molecule has 0 aliphatic rings. The van der Waals surface area contributed by atoms with E-state index in [1.54, 1.807) is 0 Å². The Kier molecular flexibility index (Phi) is 9.08. The van der Waals surface area contributed by atoms with E-state index in [4.69, 9.17) is 16.6 Å². The van der Waals surface area contributed by atoms with Crippen LogP contribution in [0.5, 0.6) is 0 Å². The summed E-state index contributed by atoms with van der Waals surface area (Å²) in [5.74, 6) is 0.847. The van der Waals surface area contributed by atoms with Crippen molar-refractivity contribution in [1.29, 1.82) is 0 Å². The first-order chi connectivity index (χ1) is 13.1. The second kappa shape index (κ2) is 11.6. The second-order valence-electron chi connectivity index (χ2n) is 6.69. The molecule has 2 rings (SSSR count). The number of guanidine groups is 1. The van der Waals surface area contributed by atoms with Gasteiger partial charge in [-0.05, 0) is 51.1 Å². The molecule has 1 atom stereocenters. The number of rotatable bonds is 9. The predicted octanol–water partition coefficient (Wildman–Crippen LogP) is 3.01. The summed E-state index contributed by atoms with van der Waals surface area (Å²) >= 11 is 5.83. The molecule has 0 amide bonds. The SMILES string of the molecule is CCNC(=NCC(Cc1ccccc1)N(C)C)NCCc1ccc(Cl)nc1. The van der Waals surface area contributed by atoms with Crippen LogP contribution in [0.2, 0.25) is 5.15 Å². The Hall–Kier alpha value is -2.11. The molecule has 0 saturated carbocycles. The lowest BCUT2D eigenvalue weighted by molar-refractivity contribution is 0.298. The third-order valence-corrected chi connectivity index (χ3v) is 4.57. The van der Waals surface area contributed by atoms with Crippen LogP contribution in [0, 0.1) is 0 Å². The molecule has 1 aromatic carbocycles. The molecule has 1 heterocycles. The first kappa shape index (κ1) is 21.2. The number of halogens is 1. The Labute approximate surface area is 167 Å². The van der Waals surface area contributed by atoms with Crippen molar-refractivity contribution in [1.82, 2.24) is 20.5 Å². The number of aromatic nitrogens is 1. The highest BCUT2D eigenvalue weighted by Crippen LogP contribution is 2.07. The Bertz CT molecular complexity index is 685. The number of aliphatic imine (C=N–C) groups is 1. The molecule has 0 spiro atoms. The first-order valence-electron chi connectivity index (χ1n) is 9.41. The average Bonchev–Trinajstić information content (AvgIpc) is 2.67. The maximum Gasteiger partial charge on any atom is 0.191 e. The molecule has 1 aromatic heterocycles. The van der Waals surface area contributed by atoms with Crippen LogP contribution in [0.25, 0.3) is 0 Å². The van der Waals surface area contributed by atoms with Gasteiger partial charge >= 0.3 is 0 Å². The van der Waals surface area contributed by atoms with E-state index in [0.717, 1.165) is 44.0 Å². The Balaban J connectivity index is 1.90. The largest absolute Gasteiger partial charge is 0.357 e. The van der Waals surface area contributed by atoms with Crippen molar-refractivity contribution in [3.63, 3.8) is 0 Å². The maximum atomic E-state index is 5.83.